The Labute approximate surface area is 239 Å². The van der Waals surface area contributed by atoms with Crippen LogP contribution in [0.2, 0.25) is 0 Å². The molecule has 41 heavy (non-hydrogen) atoms. The second kappa shape index (κ2) is 12.1. The topological polar surface area (TPSA) is 113 Å². The van der Waals surface area contributed by atoms with E-state index in [-0.39, 0.29) is 22.4 Å². The van der Waals surface area contributed by atoms with Gasteiger partial charge in [-0.1, -0.05) is 72.9 Å². The van der Waals surface area contributed by atoms with E-state index in [1.54, 1.807) is 37.3 Å². The van der Waals surface area contributed by atoms with Crippen molar-refractivity contribution in [1.29, 1.82) is 0 Å². The predicted molar refractivity (Wildman–Crippen MR) is 155 cm³/mol. The number of allylic oxidation sites excluding steroid dienone is 1. The van der Waals surface area contributed by atoms with Gasteiger partial charge in [-0.3, -0.25) is 19.5 Å². The number of thiazole rings is 1. The second-order valence-electron chi connectivity index (χ2n) is 9.38. The molecule has 0 N–H and O–H groups in total. The zero-order chi connectivity index (χ0) is 28.9. The van der Waals surface area contributed by atoms with Crippen LogP contribution >= 0.6 is 11.3 Å². The Morgan fingerprint density at radius 1 is 1.07 bits per heavy atom. The normalized spacial score (nSPS) is 14.8. The van der Waals surface area contributed by atoms with E-state index in [1.807, 2.05) is 49.4 Å². The standard InChI is InChI=1S/C31H27N3O6S/c1-3-17-39-24-15-13-22(14-16-24)28-27(30(36)40-19-21-9-5-4-6-10-21)20(2)32-31-33(28)29(35)26(41-31)18-23-11-7-8-12-25(23)34(37)38/h4-16,18,28H,3,17,19H2,1-2H3/b26-18-. The summed E-state index contributed by atoms with van der Waals surface area (Å²) in [5, 5.41) is 11.6. The van der Waals surface area contributed by atoms with E-state index >= 15 is 0 Å². The van der Waals surface area contributed by atoms with Crippen molar-refractivity contribution in [2.45, 2.75) is 32.9 Å². The number of ether oxygens (including phenoxy) is 2. The number of nitrogens with zero attached hydrogens (tertiary/aromatic N) is 3. The van der Waals surface area contributed by atoms with Gasteiger partial charge in [0.05, 0.1) is 38.9 Å². The molecule has 2 heterocycles. The molecule has 3 aromatic carbocycles. The minimum atomic E-state index is -0.817. The molecule has 9 nitrogen and oxygen atoms in total. The summed E-state index contributed by atoms with van der Waals surface area (Å²) >= 11 is 1.11. The van der Waals surface area contributed by atoms with Gasteiger partial charge in [0, 0.05) is 6.07 Å². The summed E-state index contributed by atoms with van der Waals surface area (Å²) in [6, 6.07) is 22.0. The third-order valence-corrected chi connectivity index (χ3v) is 7.53. The third-order valence-electron chi connectivity index (χ3n) is 6.54. The van der Waals surface area contributed by atoms with Crippen molar-refractivity contribution < 1.29 is 19.2 Å². The highest BCUT2D eigenvalue weighted by Crippen LogP contribution is 2.32. The average Bonchev–Trinajstić information content (AvgIpc) is 3.29. The monoisotopic (exact) mass is 569 g/mol. The molecule has 0 spiro atoms. The molecule has 0 amide bonds. The fourth-order valence-corrected chi connectivity index (χ4v) is 5.62. The van der Waals surface area contributed by atoms with Crippen LogP contribution in [-0.2, 0) is 16.1 Å². The van der Waals surface area contributed by atoms with Gasteiger partial charge in [-0.05, 0) is 48.7 Å². The number of aromatic nitrogens is 1. The number of fused-ring (bicyclic) bond motifs is 1. The van der Waals surface area contributed by atoms with E-state index in [0.717, 1.165) is 23.3 Å². The molecular formula is C31H27N3O6S. The van der Waals surface area contributed by atoms with Crippen LogP contribution in [0, 0.1) is 10.1 Å². The van der Waals surface area contributed by atoms with E-state index in [9.17, 15) is 19.7 Å². The first kappa shape index (κ1) is 27.7. The first-order valence-electron chi connectivity index (χ1n) is 13.1. The Balaban J connectivity index is 1.61. The van der Waals surface area contributed by atoms with E-state index in [1.165, 1.54) is 16.7 Å². The van der Waals surface area contributed by atoms with Crippen molar-refractivity contribution >= 4 is 29.1 Å². The fourth-order valence-electron chi connectivity index (χ4n) is 4.58. The SMILES string of the molecule is CCCOc1ccc(C2C(C(=O)OCc3ccccc3)=C(C)N=c3s/c(=C\c4ccccc4[N+](=O)[O-])c(=O)n32)cc1. The van der Waals surface area contributed by atoms with Crippen molar-refractivity contribution in [3.8, 4) is 5.75 Å². The van der Waals surface area contributed by atoms with Gasteiger partial charge in [0.15, 0.2) is 4.80 Å². The molecule has 0 saturated heterocycles. The fraction of sp³-hybridized carbons (Fsp3) is 0.194. The molecule has 0 saturated carbocycles. The van der Waals surface area contributed by atoms with Crippen molar-refractivity contribution in [3.63, 3.8) is 0 Å². The number of para-hydroxylation sites is 1. The first-order chi connectivity index (χ1) is 19.9. The van der Waals surface area contributed by atoms with Gasteiger partial charge in [-0.25, -0.2) is 9.79 Å². The number of carbonyl (C=O) groups is 1. The summed E-state index contributed by atoms with van der Waals surface area (Å²) in [6.07, 6.45) is 2.35. The Morgan fingerprint density at radius 3 is 2.49 bits per heavy atom. The third kappa shape index (κ3) is 5.87. The molecule has 1 unspecified atom stereocenters. The molecule has 1 aliphatic heterocycles. The van der Waals surface area contributed by atoms with Gasteiger partial charge in [0.25, 0.3) is 11.2 Å². The number of nitro benzene ring substituents is 1. The summed E-state index contributed by atoms with van der Waals surface area (Å²) in [7, 11) is 0. The number of benzene rings is 3. The molecule has 208 valence electrons. The number of rotatable bonds is 9. The van der Waals surface area contributed by atoms with Crippen LogP contribution in [0.15, 0.2) is 99.9 Å². The van der Waals surface area contributed by atoms with Crippen LogP contribution in [0.3, 0.4) is 0 Å². The molecule has 0 bridgehead atoms. The van der Waals surface area contributed by atoms with Gasteiger partial charge in [-0.2, -0.15) is 0 Å². The van der Waals surface area contributed by atoms with Gasteiger partial charge in [0.2, 0.25) is 0 Å². The van der Waals surface area contributed by atoms with E-state index in [0.29, 0.717) is 34.0 Å². The zero-order valence-corrected chi connectivity index (χ0v) is 23.3. The maximum absolute atomic E-state index is 13.9. The maximum Gasteiger partial charge on any atom is 0.338 e. The minimum Gasteiger partial charge on any atom is -0.494 e. The second-order valence-corrected chi connectivity index (χ2v) is 10.4. The Bertz CT molecular complexity index is 1810. The van der Waals surface area contributed by atoms with Crippen LogP contribution < -0.4 is 19.6 Å². The lowest BCUT2D eigenvalue weighted by Crippen LogP contribution is -2.39. The van der Waals surface area contributed by atoms with Gasteiger partial charge in [-0.15, -0.1) is 0 Å². The molecule has 5 rings (SSSR count). The zero-order valence-electron chi connectivity index (χ0n) is 22.5. The van der Waals surface area contributed by atoms with Crippen molar-refractivity contribution in [2.24, 2.45) is 4.99 Å². The molecule has 0 radical (unpaired) electrons. The number of carbonyl (C=O) groups excluding carboxylic acids is 1. The quantitative estimate of drug-likeness (QED) is 0.164. The van der Waals surface area contributed by atoms with Crippen molar-refractivity contribution in [1.82, 2.24) is 4.57 Å². The molecule has 1 aliphatic rings. The summed E-state index contributed by atoms with van der Waals surface area (Å²) < 4.78 is 13.1. The van der Waals surface area contributed by atoms with Crippen LogP contribution in [0.4, 0.5) is 5.69 Å². The van der Waals surface area contributed by atoms with E-state index in [2.05, 4.69) is 4.99 Å². The summed E-state index contributed by atoms with van der Waals surface area (Å²) in [4.78, 5) is 43.5. The van der Waals surface area contributed by atoms with Crippen LogP contribution in [-0.4, -0.2) is 22.1 Å². The smallest absolute Gasteiger partial charge is 0.338 e. The molecule has 0 aliphatic carbocycles. The van der Waals surface area contributed by atoms with Crippen LogP contribution in [0.5, 0.6) is 5.75 Å². The number of hydrogen-bond acceptors (Lipinski definition) is 8. The van der Waals surface area contributed by atoms with E-state index in [4.69, 9.17) is 9.47 Å². The number of hydrogen-bond donors (Lipinski definition) is 0. The average molecular weight is 570 g/mol. The highest BCUT2D eigenvalue weighted by molar-refractivity contribution is 7.07. The highest BCUT2D eigenvalue weighted by atomic mass is 32.1. The first-order valence-corrected chi connectivity index (χ1v) is 13.9. The van der Waals surface area contributed by atoms with Crippen LogP contribution in [0.25, 0.3) is 6.08 Å². The largest absolute Gasteiger partial charge is 0.494 e. The molecular weight excluding hydrogens is 542 g/mol. The molecule has 1 atom stereocenters. The summed E-state index contributed by atoms with van der Waals surface area (Å²) in [5.74, 6) is 0.0905. The minimum absolute atomic E-state index is 0.0645. The molecule has 10 heteroatoms. The van der Waals surface area contributed by atoms with Gasteiger partial charge >= 0.3 is 5.97 Å². The van der Waals surface area contributed by atoms with Crippen molar-refractivity contribution in [3.05, 3.63) is 137 Å². The Hall–Kier alpha value is -4.83. The summed E-state index contributed by atoms with van der Waals surface area (Å²) in [6.45, 7) is 4.36. The molecule has 0 fully saturated rings. The highest BCUT2D eigenvalue weighted by Gasteiger charge is 2.33. The lowest BCUT2D eigenvalue weighted by molar-refractivity contribution is -0.385. The Kier molecular flexibility index (Phi) is 8.21. The molecule has 1 aromatic heterocycles. The Morgan fingerprint density at radius 2 is 1.78 bits per heavy atom. The van der Waals surface area contributed by atoms with Gasteiger partial charge < -0.3 is 9.47 Å². The van der Waals surface area contributed by atoms with Gasteiger partial charge in [0.1, 0.15) is 12.4 Å². The maximum atomic E-state index is 13.9. The molecule has 4 aromatic rings. The summed E-state index contributed by atoms with van der Waals surface area (Å²) in [5.41, 5.74) is 1.95. The predicted octanol–water partition coefficient (Wildman–Crippen LogP) is 4.68. The number of nitro groups is 1. The lowest BCUT2D eigenvalue weighted by atomic mass is 9.96. The number of esters is 1. The van der Waals surface area contributed by atoms with E-state index < -0.39 is 22.5 Å². The van der Waals surface area contributed by atoms with Crippen LogP contribution in [0.1, 0.15) is 43.0 Å². The lowest BCUT2D eigenvalue weighted by Gasteiger charge is -2.25. The van der Waals surface area contributed by atoms with Crippen molar-refractivity contribution in [2.75, 3.05) is 6.61 Å².